The lowest BCUT2D eigenvalue weighted by molar-refractivity contribution is 0.816. The van der Waals surface area contributed by atoms with Gasteiger partial charge in [0.15, 0.2) is 0 Å². The van der Waals surface area contributed by atoms with E-state index < -0.39 is 0 Å². The molecule has 0 aromatic carbocycles. The van der Waals surface area contributed by atoms with E-state index in [4.69, 9.17) is 0 Å². The van der Waals surface area contributed by atoms with Gasteiger partial charge in [-0.3, -0.25) is 0 Å². The van der Waals surface area contributed by atoms with Crippen LogP contribution in [-0.2, 0) is 0 Å². The molecule has 0 saturated carbocycles. The van der Waals surface area contributed by atoms with Crippen LogP contribution in [0.3, 0.4) is 0 Å². The maximum atomic E-state index is 4.41. The van der Waals surface area contributed by atoms with Gasteiger partial charge in [-0.2, -0.15) is 10.2 Å². The van der Waals surface area contributed by atoms with Crippen LogP contribution in [0, 0.1) is 0 Å². The van der Waals surface area contributed by atoms with Crippen LogP contribution in [0.1, 0.15) is 13.3 Å². The number of thioether (sulfide) groups is 2. The highest BCUT2D eigenvalue weighted by molar-refractivity contribution is 7.99. The molecule has 2 aromatic heterocycles. The Morgan fingerprint density at radius 2 is 1.61 bits per heavy atom. The highest BCUT2D eigenvalue weighted by Gasteiger charge is 2.07. The largest absolute Gasteiger partial charge is 0.218 e. The first-order valence-corrected chi connectivity index (χ1v) is 7.61. The van der Waals surface area contributed by atoms with E-state index in [9.17, 15) is 0 Å². The summed E-state index contributed by atoms with van der Waals surface area (Å²) in [5, 5.41) is 17.0. The Kier molecular flexibility index (Phi) is 4.82. The summed E-state index contributed by atoms with van der Waals surface area (Å²) in [6.07, 6.45) is 6.15. The first-order chi connectivity index (χ1) is 8.83. The fraction of sp³-hybridized carbons (Fsp3) is 0.400. The van der Waals surface area contributed by atoms with Crippen LogP contribution in [0.15, 0.2) is 22.7 Å². The summed E-state index contributed by atoms with van der Waals surface area (Å²) < 4.78 is 0. The Labute approximate surface area is 113 Å². The molecule has 0 aliphatic carbocycles. The molecule has 2 rings (SSSR count). The van der Waals surface area contributed by atoms with Crippen molar-refractivity contribution in [2.75, 3.05) is 12.0 Å². The van der Waals surface area contributed by atoms with Crippen LogP contribution in [-0.4, -0.2) is 42.4 Å². The molecule has 0 fully saturated rings. The van der Waals surface area contributed by atoms with Gasteiger partial charge in [-0.25, -0.2) is 9.97 Å². The molecule has 0 atom stereocenters. The third kappa shape index (κ3) is 3.36. The van der Waals surface area contributed by atoms with Gasteiger partial charge in [-0.1, -0.05) is 30.4 Å². The van der Waals surface area contributed by atoms with Crippen molar-refractivity contribution < 1.29 is 0 Å². The van der Waals surface area contributed by atoms with E-state index in [1.54, 1.807) is 24.2 Å². The van der Waals surface area contributed by atoms with Gasteiger partial charge in [-0.15, -0.1) is 10.2 Å². The van der Waals surface area contributed by atoms with Crippen molar-refractivity contribution in [3.63, 3.8) is 0 Å². The highest BCUT2D eigenvalue weighted by atomic mass is 32.2. The van der Waals surface area contributed by atoms with Crippen molar-refractivity contribution in [1.82, 2.24) is 30.4 Å². The zero-order chi connectivity index (χ0) is 12.8. The van der Waals surface area contributed by atoms with E-state index in [0.29, 0.717) is 21.7 Å². The number of aromatic nitrogens is 6. The summed E-state index contributed by atoms with van der Waals surface area (Å²) >= 11 is 3.03. The zero-order valence-corrected chi connectivity index (χ0v) is 11.7. The summed E-state index contributed by atoms with van der Waals surface area (Å²) in [5.74, 6) is 0.975. The van der Waals surface area contributed by atoms with Crippen molar-refractivity contribution >= 4 is 23.5 Å². The normalized spacial score (nSPS) is 10.6. The molecule has 0 bridgehead atoms. The molecular weight excluding hydrogens is 268 g/mol. The van der Waals surface area contributed by atoms with Crippen molar-refractivity contribution in [1.29, 1.82) is 0 Å². The molecule has 18 heavy (non-hydrogen) atoms. The lowest BCUT2D eigenvalue weighted by Gasteiger charge is -2.01. The van der Waals surface area contributed by atoms with Crippen molar-refractivity contribution in [3.8, 4) is 11.4 Å². The fourth-order valence-corrected chi connectivity index (χ4v) is 2.14. The second kappa shape index (κ2) is 6.60. The van der Waals surface area contributed by atoms with Crippen molar-refractivity contribution in [2.45, 2.75) is 23.7 Å². The van der Waals surface area contributed by atoms with E-state index >= 15 is 0 Å². The fourth-order valence-electron chi connectivity index (χ4n) is 1.16. The first-order valence-electron chi connectivity index (χ1n) is 5.40. The molecule has 0 amide bonds. The molecule has 6 nitrogen and oxygen atoms in total. The number of nitrogens with zero attached hydrogens (tertiary/aromatic N) is 6. The number of rotatable bonds is 5. The molecule has 0 spiro atoms. The van der Waals surface area contributed by atoms with Gasteiger partial charge < -0.3 is 0 Å². The van der Waals surface area contributed by atoms with Gasteiger partial charge in [0.2, 0.25) is 10.3 Å². The third-order valence-corrected chi connectivity index (χ3v) is 3.54. The molecule has 8 heteroatoms. The molecule has 0 aliphatic rings. The molecule has 2 aromatic rings. The monoisotopic (exact) mass is 280 g/mol. The molecule has 0 unspecified atom stereocenters. The molecule has 94 valence electrons. The van der Waals surface area contributed by atoms with Gasteiger partial charge in [0.1, 0.15) is 11.4 Å². The van der Waals surface area contributed by atoms with Gasteiger partial charge in [0, 0.05) is 5.75 Å². The molecule has 0 saturated heterocycles. The number of hydrogen-bond acceptors (Lipinski definition) is 8. The van der Waals surface area contributed by atoms with E-state index in [2.05, 4.69) is 37.3 Å². The summed E-state index contributed by atoms with van der Waals surface area (Å²) in [5.41, 5.74) is 1.34. The van der Waals surface area contributed by atoms with Gasteiger partial charge in [0.25, 0.3) is 0 Å². The Morgan fingerprint density at radius 1 is 1.00 bits per heavy atom. The predicted octanol–water partition coefficient (Wildman–Crippen LogP) is 1.95. The summed E-state index contributed by atoms with van der Waals surface area (Å²) in [6, 6.07) is 0. The van der Waals surface area contributed by atoms with Crippen LogP contribution in [0.5, 0.6) is 0 Å². The Hall–Kier alpha value is -1.28. The zero-order valence-electron chi connectivity index (χ0n) is 10.1. The average Bonchev–Trinajstić information content (AvgIpc) is 2.45. The van der Waals surface area contributed by atoms with Gasteiger partial charge in [0.05, 0.1) is 12.4 Å². The lowest BCUT2D eigenvalue weighted by Crippen LogP contribution is -1.98. The first kappa shape index (κ1) is 13.2. The molecule has 0 aliphatic heterocycles. The van der Waals surface area contributed by atoms with Crippen LogP contribution >= 0.6 is 23.5 Å². The Balaban J connectivity index is 2.26. The van der Waals surface area contributed by atoms with Crippen LogP contribution in [0.25, 0.3) is 11.4 Å². The van der Waals surface area contributed by atoms with Crippen molar-refractivity contribution in [3.05, 3.63) is 12.4 Å². The van der Waals surface area contributed by atoms with E-state index in [1.165, 1.54) is 11.8 Å². The summed E-state index contributed by atoms with van der Waals surface area (Å²) in [7, 11) is 0. The Bertz CT molecular complexity index is 521. The topological polar surface area (TPSA) is 77.3 Å². The van der Waals surface area contributed by atoms with Crippen LogP contribution in [0.4, 0.5) is 0 Å². The maximum absolute atomic E-state index is 4.41. The second-order valence-corrected chi connectivity index (χ2v) is 5.14. The smallest absolute Gasteiger partial charge is 0.209 e. The molecule has 0 radical (unpaired) electrons. The van der Waals surface area contributed by atoms with E-state index in [1.807, 2.05) is 6.26 Å². The quantitative estimate of drug-likeness (QED) is 0.769. The van der Waals surface area contributed by atoms with Gasteiger partial charge >= 0.3 is 0 Å². The van der Waals surface area contributed by atoms with E-state index in [0.717, 1.165) is 12.2 Å². The number of hydrogen-bond donors (Lipinski definition) is 0. The summed E-state index contributed by atoms with van der Waals surface area (Å²) in [4.78, 5) is 8.74. The second-order valence-electron chi connectivity index (χ2n) is 3.30. The average molecular weight is 280 g/mol. The highest BCUT2D eigenvalue weighted by Crippen LogP contribution is 2.18. The molecule has 0 N–H and O–H groups in total. The van der Waals surface area contributed by atoms with Crippen molar-refractivity contribution in [2.24, 2.45) is 0 Å². The van der Waals surface area contributed by atoms with Gasteiger partial charge in [-0.05, 0) is 12.7 Å². The minimum absolute atomic E-state index is 0.619. The minimum atomic E-state index is 0.619. The van der Waals surface area contributed by atoms with Crippen LogP contribution in [0.2, 0.25) is 0 Å². The molecular formula is C10H12N6S2. The maximum Gasteiger partial charge on any atom is 0.209 e. The van der Waals surface area contributed by atoms with E-state index in [-0.39, 0.29) is 0 Å². The minimum Gasteiger partial charge on any atom is -0.218 e. The lowest BCUT2D eigenvalue weighted by atomic mass is 10.3. The SMILES string of the molecule is CCCSc1nncc(-c2cnnc(SC)n2)n1. The standard InChI is InChI=1S/C10H12N6S2/c1-3-4-18-10-14-8(6-12-16-10)7-5-11-15-9(13-7)17-2/h5-6H,3-4H2,1-2H3. The predicted molar refractivity (Wildman–Crippen MR) is 71.4 cm³/mol. The third-order valence-electron chi connectivity index (χ3n) is 1.96. The molecule has 2 heterocycles. The Morgan fingerprint density at radius 3 is 2.22 bits per heavy atom. The van der Waals surface area contributed by atoms with Crippen LogP contribution < -0.4 is 0 Å². The summed E-state index contributed by atoms with van der Waals surface area (Å²) in [6.45, 7) is 2.11.